The SMILES string of the molecule is COc1ccc(/C(C#N)=C\c2cccc(OC(=O)c3cccc([N+](=O)[O-])c3)c2)cc1OC. The van der Waals surface area contributed by atoms with Gasteiger partial charge in [-0.05, 0) is 53.6 Å². The molecule has 0 fully saturated rings. The van der Waals surface area contributed by atoms with Crippen LogP contribution in [0.15, 0.2) is 66.7 Å². The van der Waals surface area contributed by atoms with Crippen molar-refractivity contribution in [2.45, 2.75) is 0 Å². The molecule has 0 aliphatic carbocycles. The molecule has 0 radical (unpaired) electrons. The van der Waals surface area contributed by atoms with Gasteiger partial charge in [-0.15, -0.1) is 0 Å². The zero-order chi connectivity index (χ0) is 23.1. The minimum atomic E-state index is -0.727. The minimum Gasteiger partial charge on any atom is -0.493 e. The molecule has 0 aromatic heterocycles. The first-order chi connectivity index (χ1) is 15.4. The van der Waals surface area contributed by atoms with E-state index in [4.69, 9.17) is 14.2 Å². The fraction of sp³-hybridized carbons (Fsp3) is 0.0833. The first-order valence-electron chi connectivity index (χ1n) is 9.36. The number of nitro benzene ring substituents is 1. The normalized spacial score (nSPS) is 10.7. The number of rotatable bonds is 7. The van der Waals surface area contributed by atoms with Crippen molar-refractivity contribution < 1.29 is 23.9 Å². The summed E-state index contributed by atoms with van der Waals surface area (Å²) < 4.78 is 15.9. The molecule has 0 N–H and O–H groups in total. The van der Waals surface area contributed by atoms with Gasteiger partial charge >= 0.3 is 5.97 Å². The molecule has 3 aromatic rings. The zero-order valence-electron chi connectivity index (χ0n) is 17.3. The molecule has 0 saturated carbocycles. The Kier molecular flexibility index (Phi) is 6.83. The summed E-state index contributed by atoms with van der Waals surface area (Å²) in [5.41, 5.74) is 1.48. The molecule has 8 heteroatoms. The van der Waals surface area contributed by atoms with Gasteiger partial charge in [0.25, 0.3) is 5.69 Å². The van der Waals surface area contributed by atoms with Gasteiger partial charge in [-0.2, -0.15) is 5.26 Å². The Labute approximate surface area is 184 Å². The lowest BCUT2D eigenvalue weighted by Gasteiger charge is -2.09. The summed E-state index contributed by atoms with van der Waals surface area (Å²) in [7, 11) is 3.04. The standard InChI is InChI=1S/C24H18N2O6/c1-30-22-10-9-17(14-23(22)31-2)19(15-25)11-16-5-3-8-21(12-16)32-24(27)18-6-4-7-20(13-18)26(28)29/h3-14H,1-2H3/b19-11-. The van der Waals surface area contributed by atoms with E-state index in [0.29, 0.717) is 28.2 Å². The maximum absolute atomic E-state index is 12.4. The number of benzene rings is 3. The first-order valence-corrected chi connectivity index (χ1v) is 9.36. The van der Waals surface area contributed by atoms with Gasteiger partial charge in [0.05, 0.1) is 36.3 Å². The van der Waals surface area contributed by atoms with Crippen molar-refractivity contribution >= 4 is 23.3 Å². The second-order valence-corrected chi connectivity index (χ2v) is 6.51. The molecule has 0 heterocycles. The molecule has 0 aliphatic rings. The van der Waals surface area contributed by atoms with E-state index in [9.17, 15) is 20.2 Å². The van der Waals surface area contributed by atoms with Crippen molar-refractivity contribution in [3.05, 3.63) is 93.5 Å². The average Bonchev–Trinajstić information content (AvgIpc) is 2.82. The number of allylic oxidation sites excluding steroid dienone is 1. The maximum atomic E-state index is 12.4. The second-order valence-electron chi connectivity index (χ2n) is 6.51. The summed E-state index contributed by atoms with van der Waals surface area (Å²) in [6.45, 7) is 0. The highest BCUT2D eigenvalue weighted by Gasteiger charge is 2.14. The molecule has 160 valence electrons. The number of carbonyl (C=O) groups excluding carboxylic acids is 1. The summed E-state index contributed by atoms with van der Waals surface area (Å²) in [6, 6.07) is 19.2. The van der Waals surface area contributed by atoms with E-state index in [1.807, 2.05) is 0 Å². The van der Waals surface area contributed by atoms with Gasteiger partial charge in [-0.1, -0.05) is 18.2 Å². The van der Waals surface area contributed by atoms with Crippen molar-refractivity contribution in [1.82, 2.24) is 0 Å². The first kappa shape index (κ1) is 22.1. The third-order valence-electron chi connectivity index (χ3n) is 4.49. The van der Waals surface area contributed by atoms with Gasteiger partial charge in [-0.3, -0.25) is 10.1 Å². The molecule has 0 amide bonds. The molecule has 3 rings (SSSR count). The van der Waals surface area contributed by atoms with Crippen LogP contribution in [-0.4, -0.2) is 25.1 Å². The Hall–Kier alpha value is -4.64. The monoisotopic (exact) mass is 430 g/mol. The zero-order valence-corrected chi connectivity index (χ0v) is 17.3. The van der Waals surface area contributed by atoms with E-state index in [1.54, 1.807) is 48.5 Å². The van der Waals surface area contributed by atoms with Crippen molar-refractivity contribution in [3.63, 3.8) is 0 Å². The molecule has 3 aromatic carbocycles. The molecule has 0 unspecified atom stereocenters. The third-order valence-corrected chi connectivity index (χ3v) is 4.49. The van der Waals surface area contributed by atoms with Crippen LogP contribution in [-0.2, 0) is 0 Å². The Morgan fingerprint density at radius 2 is 1.72 bits per heavy atom. The van der Waals surface area contributed by atoms with E-state index >= 15 is 0 Å². The Morgan fingerprint density at radius 3 is 2.41 bits per heavy atom. The lowest BCUT2D eigenvalue weighted by molar-refractivity contribution is -0.384. The Bertz CT molecular complexity index is 1240. The van der Waals surface area contributed by atoms with Gasteiger partial charge in [0, 0.05) is 12.1 Å². The van der Waals surface area contributed by atoms with Gasteiger partial charge < -0.3 is 14.2 Å². The number of carbonyl (C=O) groups is 1. The lowest BCUT2D eigenvalue weighted by Crippen LogP contribution is -2.08. The Balaban J connectivity index is 1.86. The third kappa shape index (κ3) is 5.09. The number of nitriles is 1. The molecular weight excluding hydrogens is 412 g/mol. The molecule has 8 nitrogen and oxygen atoms in total. The predicted octanol–water partition coefficient (Wildman–Crippen LogP) is 4.90. The van der Waals surface area contributed by atoms with Crippen molar-refractivity contribution in [2.75, 3.05) is 14.2 Å². The van der Waals surface area contributed by atoms with Crippen molar-refractivity contribution in [2.24, 2.45) is 0 Å². The number of hydrogen-bond acceptors (Lipinski definition) is 7. The summed E-state index contributed by atoms with van der Waals surface area (Å²) in [5.74, 6) is 0.546. The van der Waals surface area contributed by atoms with Crippen LogP contribution < -0.4 is 14.2 Å². The molecule has 32 heavy (non-hydrogen) atoms. The van der Waals surface area contributed by atoms with Crippen LogP contribution in [0.4, 0.5) is 5.69 Å². The molecule has 0 bridgehead atoms. The number of hydrogen-bond donors (Lipinski definition) is 0. The van der Waals surface area contributed by atoms with E-state index in [0.717, 1.165) is 6.07 Å². The van der Waals surface area contributed by atoms with Gasteiger partial charge in [0.15, 0.2) is 11.5 Å². The van der Waals surface area contributed by atoms with Gasteiger partial charge in [-0.25, -0.2) is 4.79 Å². The molecule has 0 aliphatic heterocycles. The number of non-ortho nitro benzene ring substituents is 1. The van der Waals surface area contributed by atoms with Crippen LogP contribution in [0.5, 0.6) is 17.2 Å². The smallest absolute Gasteiger partial charge is 0.343 e. The minimum absolute atomic E-state index is 0.0585. The number of nitrogens with zero attached hydrogens (tertiary/aromatic N) is 2. The summed E-state index contributed by atoms with van der Waals surface area (Å²) in [5, 5.41) is 20.5. The van der Waals surface area contributed by atoms with E-state index < -0.39 is 10.9 Å². The number of ether oxygens (including phenoxy) is 3. The van der Waals surface area contributed by atoms with Crippen LogP contribution in [0.25, 0.3) is 11.6 Å². The highest BCUT2D eigenvalue weighted by atomic mass is 16.6. The summed E-state index contributed by atoms with van der Waals surface area (Å²) in [4.78, 5) is 22.7. The Morgan fingerprint density at radius 1 is 0.969 bits per heavy atom. The van der Waals surface area contributed by atoms with Crippen molar-refractivity contribution in [1.29, 1.82) is 5.26 Å². The quantitative estimate of drug-likeness (QED) is 0.131. The van der Waals surface area contributed by atoms with E-state index in [2.05, 4.69) is 6.07 Å². The fourth-order valence-electron chi connectivity index (χ4n) is 2.93. The van der Waals surface area contributed by atoms with Crippen LogP contribution in [0.3, 0.4) is 0 Å². The van der Waals surface area contributed by atoms with Crippen LogP contribution in [0.1, 0.15) is 21.5 Å². The van der Waals surface area contributed by atoms with Gasteiger partial charge in [0.1, 0.15) is 5.75 Å². The summed E-state index contributed by atoms with van der Waals surface area (Å²) in [6.07, 6.45) is 1.64. The molecular formula is C24H18N2O6. The number of nitro groups is 1. The average molecular weight is 430 g/mol. The number of esters is 1. The largest absolute Gasteiger partial charge is 0.493 e. The highest BCUT2D eigenvalue weighted by molar-refractivity contribution is 5.92. The maximum Gasteiger partial charge on any atom is 0.343 e. The molecule has 0 spiro atoms. The second kappa shape index (κ2) is 9.91. The van der Waals surface area contributed by atoms with E-state index in [1.165, 1.54) is 32.4 Å². The topological polar surface area (TPSA) is 112 Å². The van der Waals surface area contributed by atoms with E-state index in [-0.39, 0.29) is 17.0 Å². The van der Waals surface area contributed by atoms with Crippen LogP contribution in [0, 0.1) is 21.4 Å². The van der Waals surface area contributed by atoms with Crippen LogP contribution >= 0.6 is 0 Å². The molecule has 0 saturated heterocycles. The van der Waals surface area contributed by atoms with Crippen molar-refractivity contribution in [3.8, 4) is 23.3 Å². The predicted molar refractivity (Wildman–Crippen MR) is 118 cm³/mol. The summed E-state index contributed by atoms with van der Waals surface area (Å²) >= 11 is 0. The fourth-order valence-corrected chi connectivity index (χ4v) is 2.93. The number of methoxy groups -OCH3 is 2. The molecule has 0 atom stereocenters. The highest BCUT2D eigenvalue weighted by Crippen LogP contribution is 2.31. The van der Waals surface area contributed by atoms with Crippen LogP contribution in [0.2, 0.25) is 0 Å². The van der Waals surface area contributed by atoms with Gasteiger partial charge in [0.2, 0.25) is 0 Å². The lowest BCUT2D eigenvalue weighted by atomic mass is 10.0.